The number of aliphatic carboxylic acids is 1. The van der Waals surface area contributed by atoms with E-state index in [0.717, 1.165) is 23.0 Å². The van der Waals surface area contributed by atoms with Gasteiger partial charge in [0.1, 0.15) is 12.1 Å². The molecule has 0 saturated carbocycles. The van der Waals surface area contributed by atoms with Crippen LogP contribution in [-0.4, -0.2) is 30.4 Å². The molecule has 142 valence electrons. The molecule has 3 aromatic rings. The third kappa shape index (κ3) is 3.61. The number of carboxylic acids is 1. The van der Waals surface area contributed by atoms with E-state index in [-0.39, 0.29) is 16.9 Å². The monoisotopic (exact) mass is 381 g/mol. The van der Waals surface area contributed by atoms with Crippen LogP contribution in [-0.2, 0) is 24.1 Å². The second kappa shape index (κ2) is 6.74. The summed E-state index contributed by atoms with van der Waals surface area (Å²) in [6, 6.07) is 4.33. The molecular formula is C16H14F3N5O3. The van der Waals surface area contributed by atoms with E-state index in [0.29, 0.717) is 12.2 Å². The Bertz CT molecular complexity index is 1050. The lowest BCUT2D eigenvalue weighted by Crippen LogP contribution is -2.25. The summed E-state index contributed by atoms with van der Waals surface area (Å²) in [5.41, 5.74) is -0.717. The number of benzene rings is 1. The summed E-state index contributed by atoms with van der Waals surface area (Å²) in [6.45, 7) is 1.51. The number of nitrogens with one attached hydrogen (secondary N) is 1. The number of aromatic nitrogens is 4. The van der Waals surface area contributed by atoms with Crippen molar-refractivity contribution in [3.63, 3.8) is 0 Å². The van der Waals surface area contributed by atoms with Crippen LogP contribution in [0.5, 0.6) is 0 Å². The first-order valence-corrected chi connectivity index (χ1v) is 7.82. The molecule has 0 atom stereocenters. The SMILES string of the molecule is CCn1nc(Nc2ccc(C(F)(F)F)cc2)c2ncn(CC(=O)O)c(=O)c21. The molecule has 3 rings (SSSR count). The minimum absolute atomic E-state index is 0.107. The minimum atomic E-state index is -4.44. The third-order valence-corrected chi connectivity index (χ3v) is 3.80. The number of anilines is 2. The fourth-order valence-corrected chi connectivity index (χ4v) is 2.55. The van der Waals surface area contributed by atoms with Crippen LogP contribution in [0.15, 0.2) is 35.4 Å². The standard InChI is InChI=1S/C16H14F3N5O3/c1-2-24-13-12(20-8-23(15(13)27)7-11(25)26)14(22-24)21-10-5-3-9(4-6-10)16(17,18)19/h3-6,8H,2,7H2,1H3,(H,21,22)(H,25,26). The van der Waals surface area contributed by atoms with Gasteiger partial charge in [0.2, 0.25) is 0 Å². The van der Waals surface area contributed by atoms with Crippen LogP contribution in [0.2, 0.25) is 0 Å². The highest BCUT2D eigenvalue weighted by molar-refractivity contribution is 5.87. The highest BCUT2D eigenvalue weighted by Gasteiger charge is 2.30. The number of hydrogen-bond donors (Lipinski definition) is 2. The summed E-state index contributed by atoms with van der Waals surface area (Å²) in [5.74, 6) is -1.00. The van der Waals surface area contributed by atoms with Crippen molar-refractivity contribution in [3.05, 3.63) is 46.5 Å². The van der Waals surface area contributed by atoms with Crippen molar-refractivity contribution in [2.75, 3.05) is 5.32 Å². The lowest BCUT2D eigenvalue weighted by Gasteiger charge is -2.08. The molecule has 0 bridgehead atoms. The Kier molecular flexibility index (Phi) is 4.60. The van der Waals surface area contributed by atoms with Gasteiger partial charge in [-0.1, -0.05) is 0 Å². The normalized spacial score (nSPS) is 11.7. The van der Waals surface area contributed by atoms with Crippen molar-refractivity contribution in [3.8, 4) is 0 Å². The summed E-state index contributed by atoms with van der Waals surface area (Å²) < 4.78 is 40.3. The predicted octanol–water partition coefficient (Wildman–Crippen LogP) is 2.46. The molecule has 1 aromatic carbocycles. The molecule has 11 heteroatoms. The number of rotatable bonds is 5. The van der Waals surface area contributed by atoms with E-state index < -0.39 is 29.8 Å². The predicted molar refractivity (Wildman–Crippen MR) is 89.8 cm³/mol. The molecule has 0 unspecified atom stereocenters. The number of alkyl halides is 3. The van der Waals surface area contributed by atoms with Crippen LogP contribution in [0, 0.1) is 0 Å². The molecule has 2 heterocycles. The van der Waals surface area contributed by atoms with Crippen LogP contribution < -0.4 is 10.9 Å². The lowest BCUT2D eigenvalue weighted by atomic mass is 10.2. The highest BCUT2D eigenvalue weighted by atomic mass is 19.4. The van der Waals surface area contributed by atoms with E-state index in [2.05, 4.69) is 15.4 Å². The number of carboxylic acid groups (broad SMARTS) is 1. The van der Waals surface area contributed by atoms with Crippen molar-refractivity contribution in [2.45, 2.75) is 26.2 Å². The number of hydrogen-bond acceptors (Lipinski definition) is 5. The number of fused-ring (bicyclic) bond motifs is 1. The first-order chi connectivity index (χ1) is 12.7. The molecule has 27 heavy (non-hydrogen) atoms. The molecular weight excluding hydrogens is 367 g/mol. The molecule has 0 aliphatic carbocycles. The number of nitrogens with zero attached hydrogens (tertiary/aromatic N) is 4. The van der Waals surface area contributed by atoms with E-state index in [4.69, 9.17) is 5.11 Å². The van der Waals surface area contributed by atoms with Gasteiger partial charge in [-0.25, -0.2) is 4.98 Å². The molecule has 0 fully saturated rings. The van der Waals surface area contributed by atoms with Crippen molar-refractivity contribution >= 4 is 28.5 Å². The van der Waals surface area contributed by atoms with Gasteiger partial charge in [-0.15, -0.1) is 0 Å². The summed E-state index contributed by atoms with van der Waals surface area (Å²) in [7, 11) is 0. The molecule has 0 amide bonds. The minimum Gasteiger partial charge on any atom is -0.480 e. The second-order valence-electron chi connectivity index (χ2n) is 5.63. The Balaban J connectivity index is 2.01. The van der Waals surface area contributed by atoms with Crippen LogP contribution in [0.4, 0.5) is 24.7 Å². The number of aryl methyl sites for hydroxylation is 1. The van der Waals surface area contributed by atoms with Gasteiger partial charge in [-0.05, 0) is 31.2 Å². The fraction of sp³-hybridized carbons (Fsp3) is 0.250. The molecule has 2 aromatic heterocycles. The average molecular weight is 381 g/mol. The number of halogens is 3. The lowest BCUT2D eigenvalue weighted by molar-refractivity contribution is -0.138. The molecule has 0 aliphatic rings. The van der Waals surface area contributed by atoms with Gasteiger partial charge < -0.3 is 10.4 Å². The molecule has 0 spiro atoms. The molecule has 0 saturated heterocycles. The van der Waals surface area contributed by atoms with Gasteiger partial charge in [0, 0.05) is 12.2 Å². The zero-order valence-electron chi connectivity index (χ0n) is 14.0. The van der Waals surface area contributed by atoms with Crippen LogP contribution in [0.3, 0.4) is 0 Å². The molecule has 2 N–H and O–H groups in total. The molecule has 0 radical (unpaired) electrons. The van der Waals surface area contributed by atoms with E-state index in [1.165, 1.54) is 16.8 Å². The Hall–Kier alpha value is -3.37. The van der Waals surface area contributed by atoms with E-state index in [1.807, 2.05) is 0 Å². The Morgan fingerprint density at radius 2 is 1.93 bits per heavy atom. The van der Waals surface area contributed by atoms with Gasteiger partial charge in [-0.2, -0.15) is 18.3 Å². The zero-order valence-corrected chi connectivity index (χ0v) is 14.0. The van der Waals surface area contributed by atoms with E-state index in [9.17, 15) is 22.8 Å². The summed E-state index contributed by atoms with van der Waals surface area (Å²) in [6.07, 6.45) is -3.34. The maximum atomic E-state index is 12.7. The van der Waals surface area contributed by atoms with Crippen molar-refractivity contribution < 1.29 is 23.1 Å². The van der Waals surface area contributed by atoms with Crippen molar-refractivity contribution in [1.29, 1.82) is 0 Å². The van der Waals surface area contributed by atoms with E-state index in [1.54, 1.807) is 6.92 Å². The molecule has 8 nitrogen and oxygen atoms in total. The van der Waals surface area contributed by atoms with Crippen molar-refractivity contribution in [1.82, 2.24) is 19.3 Å². The van der Waals surface area contributed by atoms with Crippen LogP contribution in [0.25, 0.3) is 11.0 Å². The Morgan fingerprint density at radius 1 is 1.26 bits per heavy atom. The van der Waals surface area contributed by atoms with Gasteiger partial charge in [0.15, 0.2) is 11.3 Å². The average Bonchev–Trinajstić information content (AvgIpc) is 2.95. The fourth-order valence-electron chi connectivity index (χ4n) is 2.55. The van der Waals surface area contributed by atoms with Crippen LogP contribution in [0.1, 0.15) is 12.5 Å². The third-order valence-electron chi connectivity index (χ3n) is 3.80. The van der Waals surface area contributed by atoms with Gasteiger partial charge in [-0.3, -0.25) is 18.8 Å². The number of carbonyl (C=O) groups is 1. The van der Waals surface area contributed by atoms with Gasteiger partial charge in [0.05, 0.1) is 11.9 Å². The van der Waals surface area contributed by atoms with Gasteiger partial charge >= 0.3 is 12.1 Å². The summed E-state index contributed by atoms with van der Waals surface area (Å²) >= 11 is 0. The zero-order chi connectivity index (χ0) is 19.8. The maximum Gasteiger partial charge on any atom is 0.416 e. The molecule has 0 aliphatic heterocycles. The maximum absolute atomic E-state index is 12.7. The quantitative estimate of drug-likeness (QED) is 0.704. The van der Waals surface area contributed by atoms with Crippen molar-refractivity contribution in [2.24, 2.45) is 0 Å². The van der Waals surface area contributed by atoms with Crippen LogP contribution >= 0.6 is 0 Å². The first kappa shape index (κ1) is 18.4. The largest absolute Gasteiger partial charge is 0.480 e. The Labute approximate surface area is 149 Å². The highest BCUT2D eigenvalue weighted by Crippen LogP contribution is 2.30. The first-order valence-electron chi connectivity index (χ1n) is 7.82. The Morgan fingerprint density at radius 3 is 2.48 bits per heavy atom. The summed E-state index contributed by atoms with van der Waals surface area (Å²) in [5, 5.41) is 15.9. The van der Waals surface area contributed by atoms with Gasteiger partial charge in [0.25, 0.3) is 5.56 Å². The topological polar surface area (TPSA) is 102 Å². The van der Waals surface area contributed by atoms with E-state index >= 15 is 0 Å². The smallest absolute Gasteiger partial charge is 0.416 e. The summed E-state index contributed by atoms with van der Waals surface area (Å²) in [4.78, 5) is 27.5. The second-order valence-corrected chi connectivity index (χ2v) is 5.63.